The molecule has 5 heteroatoms. The first-order valence-corrected chi connectivity index (χ1v) is 8.32. The first-order valence-electron chi connectivity index (χ1n) is 8.32. The van der Waals surface area contributed by atoms with Gasteiger partial charge in [-0.25, -0.2) is 4.79 Å². The van der Waals surface area contributed by atoms with Crippen molar-refractivity contribution in [3.8, 4) is 0 Å². The summed E-state index contributed by atoms with van der Waals surface area (Å²) in [6.07, 6.45) is 1.87. The van der Waals surface area contributed by atoms with Crippen LogP contribution < -0.4 is 4.90 Å². The van der Waals surface area contributed by atoms with E-state index in [0.717, 1.165) is 36.5 Å². The lowest BCUT2D eigenvalue weighted by Gasteiger charge is -2.39. The van der Waals surface area contributed by atoms with E-state index in [2.05, 4.69) is 29.1 Å². The molecule has 128 valence electrons. The molecule has 2 rings (SSSR count). The maximum atomic E-state index is 12.3. The molecule has 2 heterocycles. The molecule has 1 aromatic rings. The molecule has 0 saturated carbocycles. The summed E-state index contributed by atoms with van der Waals surface area (Å²) >= 11 is 0. The van der Waals surface area contributed by atoms with Crippen LogP contribution >= 0.6 is 0 Å². The summed E-state index contributed by atoms with van der Waals surface area (Å²) in [5.41, 5.74) is 2.75. The maximum Gasteiger partial charge on any atom is 0.410 e. The van der Waals surface area contributed by atoms with Crippen LogP contribution in [-0.2, 0) is 4.74 Å². The largest absolute Gasteiger partial charge is 0.444 e. The highest BCUT2D eigenvalue weighted by molar-refractivity contribution is 5.68. The lowest BCUT2D eigenvalue weighted by Crippen LogP contribution is -2.50. The second-order valence-electron chi connectivity index (χ2n) is 7.44. The molecule has 0 bridgehead atoms. The Kier molecular flexibility index (Phi) is 5.17. The standard InChI is InChI=1S/C18H29N3O2/c1-13-10-16(11-14(2)19-13)20(6)15-8-7-9-21(12-15)17(22)23-18(3,4)5/h10-11,15H,7-9,12H2,1-6H3. The van der Waals surface area contributed by atoms with Crippen LogP contribution in [0.25, 0.3) is 0 Å². The number of pyridine rings is 1. The van der Waals surface area contributed by atoms with Crippen LogP contribution in [-0.4, -0.2) is 47.8 Å². The van der Waals surface area contributed by atoms with Crippen LogP contribution in [0.1, 0.15) is 45.0 Å². The number of hydrogen-bond acceptors (Lipinski definition) is 4. The zero-order valence-corrected chi connectivity index (χ0v) is 15.2. The van der Waals surface area contributed by atoms with Crippen LogP contribution in [0, 0.1) is 13.8 Å². The van der Waals surface area contributed by atoms with Gasteiger partial charge in [0.1, 0.15) is 5.60 Å². The van der Waals surface area contributed by atoms with E-state index in [1.54, 1.807) is 0 Å². The molecular formula is C18H29N3O2. The van der Waals surface area contributed by atoms with Crippen molar-refractivity contribution < 1.29 is 9.53 Å². The summed E-state index contributed by atoms with van der Waals surface area (Å²) in [4.78, 5) is 20.8. The zero-order valence-electron chi connectivity index (χ0n) is 15.2. The minimum Gasteiger partial charge on any atom is -0.444 e. The van der Waals surface area contributed by atoms with Gasteiger partial charge < -0.3 is 14.5 Å². The summed E-state index contributed by atoms with van der Waals surface area (Å²) < 4.78 is 5.51. The number of rotatable bonds is 2. The third kappa shape index (κ3) is 4.85. The molecule has 5 nitrogen and oxygen atoms in total. The van der Waals surface area contributed by atoms with E-state index >= 15 is 0 Å². The highest BCUT2D eigenvalue weighted by Gasteiger charge is 2.29. The van der Waals surface area contributed by atoms with Crippen molar-refractivity contribution in [3.05, 3.63) is 23.5 Å². The minimum atomic E-state index is -0.449. The molecule has 1 aliphatic rings. The molecular weight excluding hydrogens is 290 g/mol. The molecule has 0 spiro atoms. The first kappa shape index (κ1) is 17.6. The van der Waals surface area contributed by atoms with Crippen molar-refractivity contribution in [1.82, 2.24) is 9.88 Å². The Bertz CT molecular complexity index is 546. The number of nitrogens with zero attached hydrogens (tertiary/aromatic N) is 3. The van der Waals surface area contributed by atoms with Crippen molar-refractivity contribution in [3.63, 3.8) is 0 Å². The van der Waals surface area contributed by atoms with Crippen LogP contribution in [0.3, 0.4) is 0 Å². The second kappa shape index (κ2) is 6.77. The van der Waals surface area contributed by atoms with Gasteiger partial charge >= 0.3 is 6.09 Å². The Hall–Kier alpha value is -1.78. The fraction of sp³-hybridized carbons (Fsp3) is 0.667. The smallest absolute Gasteiger partial charge is 0.410 e. The highest BCUT2D eigenvalue weighted by Crippen LogP contribution is 2.23. The van der Waals surface area contributed by atoms with Crippen molar-refractivity contribution in [2.75, 3.05) is 25.0 Å². The number of carbonyl (C=O) groups is 1. The summed E-state index contributed by atoms with van der Waals surface area (Å²) in [6.45, 7) is 11.2. The van der Waals surface area contributed by atoms with E-state index in [0.29, 0.717) is 12.6 Å². The number of likely N-dealkylation sites (tertiary alicyclic amines) is 1. The van der Waals surface area contributed by atoms with Gasteiger partial charge in [0.15, 0.2) is 0 Å². The van der Waals surface area contributed by atoms with Gasteiger partial charge in [0, 0.05) is 43.3 Å². The minimum absolute atomic E-state index is 0.210. The molecule has 1 saturated heterocycles. The molecule has 1 fully saturated rings. The summed E-state index contributed by atoms with van der Waals surface area (Å²) in [5.74, 6) is 0. The molecule has 0 aliphatic carbocycles. The van der Waals surface area contributed by atoms with E-state index in [-0.39, 0.29) is 6.09 Å². The Morgan fingerprint density at radius 1 is 1.30 bits per heavy atom. The third-order valence-electron chi connectivity index (χ3n) is 4.07. The van der Waals surface area contributed by atoms with Gasteiger partial charge in [0.25, 0.3) is 0 Å². The maximum absolute atomic E-state index is 12.3. The molecule has 1 aliphatic heterocycles. The van der Waals surface area contributed by atoms with Crippen molar-refractivity contribution >= 4 is 11.8 Å². The van der Waals surface area contributed by atoms with E-state index in [1.165, 1.54) is 0 Å². The van der Waals surface area contributed by atoms with Crippen molar-refractivity contribution in [2.24, 2.45) is 0 Å². The Labute approximate surface area is 139 Å². The van der Waals surface area contributed by atoms with Gasteiger partial charge in [-0.15, -0.1) is 0 Å². The van der Waals surface area contributed by atoms with Crippen LogP contribution in [0.2, 0.25) is 0 Å². The van der Waals surface area contributed by atoms with Gasteiger partial charge in [-0.1, -0.05) is 0 Å². The first-order chi connectivity index (χ1) is 10.7. The van der Waals surface area contributed by atoms with E-state index < -0.39 is 5.60 Å². The van der Waals surface area contributed by atoms with Crippen molar-refractivity contribution in [2.45, 2.75) is 59.1 Å². The van der Waals surface area contributed by atoms with Gasteiger partial charge in [0.05, 0.1) is 0 Å². The summed E-state index contributed by atoms with van der Waals surface area (Å²) in [7, 11) is 2.09. The molecule has 23 heavy (non-hydrogen) atoms. The lowest BCUT2D eigenvalue weighted by atomic mass is 10.0. The molecule has 0 aromatic carbocycles. The number of likely N-dealkylation sites (N-methyl/N-ethyl adjacent to an activating group) is 1. The number of ether oxygens (including phenoxy) is 1. The fourth-order valence-electron chi connectivity index (χ4n) is 2.99. The summed E-state index contributed by atoms with van der Waals surface area (Å²) in [6, 6.07) is 4.50. The normalized spacial score (nSPS) is 18.7. The monoisotopic (exact) mass is 319 g/mol. The van der Waals surface area contributed by atoms with Gasteiger partial charge in [0.2, 0.25) is 0 Å². The number of piperidine rings is 1. The Morgan fingerprint density at radius 2 is 1.91 bits per heavy atom. The fourth-order valence-corrected chi connectivity index (χ4v) is 2.99. The topological polar surface area (TPSA) is 45.7 Å². The third-order valence-corrected chi connectivity index (χ3v) is 4.07. The van der Waals surface area contributed by atoms with E-state index in [1.807, 2.05) is 39.5 Å². The van der Waals surface area contributed by atoms with Crippen LogP contribution in [0.5, 0.6) is 0 Å². The van der Waals surface area contributed by atoms with Crippen molar-refractivity contribution in [1.29, 1.82) is 0 Å². The highest BCUT2D eigenvalue weighted by atomic mass is 16.6. The number of carbonyl (C=O) groups excluding carboxylic acids is 1. The molecule has 1 aromatic heterocycles. The number of anilines is 1. The number of aryl methyl sites for hydroxylation is 2. The van der Waals surface area contributed by atoms with Gasteiger partial charge in [-0.05, 0) is 59.6 Å². The van der Waals surface area contributed by atoms with Crippen LogP contribution in [0.15, 0.2) is 12.1 Å². The molecule has 1 unspecified atom stereocenters. The molecule has 0 N–H and O–H groups in total. The predicted octanol–water partition coefficient (Wildman–Crippen LogP) is 3.53. The Balaban J connectivity index is 2.06. The second-order valence-corrected chi connectivity index (χ2v) is 7.44. The SMILES string of the molecule is Cc1cc(N(C)C2CCCN(C(=O)OC(C)(C)C)C2)cc(C)n1. The zero-order chi connectivity index (χ0) is 17.2. The predicted molar refractivity (Wildman–Crippen MR) is 92.9 cm³/mol. The van der Waals surface area contributed by atoms with E-state index in [4.69, 9.17) is 4.74 Å². The Morgan fingerprint density at radius 3 is 2.48 bits per heavy atom. The van der Waals surface area contributed by atoms with E-state index in [9.17, 15) is 4.79 Å². The molecule has 1 atom stereocenters. The molecule has 0 radical (unpaired) electrons. The van der Waals surface area contributed by atoms with Gasteiger partial charge in [-0.2, -0.15) is 0 Å². The quantitative estimate of drug-likeness (QED) is 0.836. The van der Waals surface area contributed by atoms with Gasteiger partial charge in [-0.3, -0.25) is 4.98 Å². The number of amides is 1. The number of aromatic nitrogens is 1. The lowest BCUT2D eigenvalue weighted by molar-refractivity contribution is 0.0199. The van der Waals surface area contributed by atoms with Crippen LogP contribution in [0.4, 0.5) is 10.5 Å². The molecule has 1 amide bonds. The average Bonchev–Trinajstić information content (AvgIpc) is 2.44. The average molecular weight is 319 g/mol. The number of hydrogen-bond donors (Lipinski definition) is 0. The summed E-state index contributed by atoms with van der Waals surface area (Å²) in [5, 5.41) is 0.